The van der Waals surface area contributed by atoms with Gasteiger partial charge in [0.1, 0.15) is 12.3 Å². The molecule has 10 heteroatoms. The van der Waals surface area contributed by atoms with E-state index in [-0.39, 0.29) is 18.3 Å². The maximum Gasteiger partial charge on any atom is 0.330 e. The van der Waals surface area contributed by atoms with Gasteiger partial charge in [0.05, 0.1) is 16.7 Å². The molecule has 31 heavy (non-hydrogen) atoms. The first-order valence-corrected chi connectivity index (χ1v) is 12.6. The molecule has 1 aromatic carbocycles. The summed E-state index contributed by atoms with van der Waals surface area (Å²) in [6, 6.07) is 10.7. The zero-order chi connectivity index (χ0) is 21.5. The minimum absolute atomic E-state index is 0.0192. The van der Waals surface area contributed by atoms with Crippen LogP contribution in [0.4, 0.5) is 0 Å². The fourth-order valence-electron chi connectivity index (χ4n) is 4.66. The Bertz CT molecular complexity index is 1050. The normalized spacial score (nSPS) is 33.1. The third-order valence-electron chi connectivity index (χ3n) is 6.20. The Balaban J connectivity index is 1.34. The van der Waals surface area contributed by atoms with E-state index in [1.807, 2.05) is 25.1 Å². The molecule has 0 spiro atoms. The zero-order valence-electron chi connectivity index (χ0n) is 17.1. The Morgan fingerprint density at radius 2 is 2.10 bits per heavy atom. The van der Waals surface area contributed by atoms with Gasteiger partial charge in [-0.3, -0.25) is 14.3 Å². The van der Waals surface area contributed by atoms with E-state index in [1.54, 1.807) is 0 Å². The molecule has 8 nitrogen and oxygen atoms in total. The standard InChI is InChI=1S/C21H25BrN3O5P/c1-2-16-17(11-18(28-16)24-12-14(22)20(26)23-21(24)27)29-31-25-10-6-9-15(25)19(30-31)13-7-4-3-5-8-13/h3-5,7-8,12,15-19H,2,6,9-11H2,1H3,(H,23,26,27)/t15-,16+,17?,18+,19+,31-/m0/s1. The number of hydrogen-bond acceptors (Lipinski definition) is 6. The molecule has 3 aliphatic rings. The van der Waals surface area contributed by atoms with Gasteiger partial charge in [0.25, 0.3) is 14.1 Å². The summed E-state index contributed by atoms with van der Waals surface area (Å²) in [6.07, 6.45) is 4.20. The summed E-state index contributed by atoms with van der Waals surface area (Å²) in [5, 5.41) is 0. The first-order chi connectivity index (χ1) is 15.0. The first kappa shape index (κ1) is 21.5. The lowest BCUT2D eigenvalue weighted by Gasteiger charge is -2.25. The van der Waals surface area contributed by atoms with Crippen LogP contribution in [0.3, 0.4) is 0 Å². The van der Waals surface area contributed by atoms with E-state index in [9.17, 15) is 9.59 Å². The van der Waals surface area contributed by atoms with Gasteiger partial charge in [-0.05, 0) is 40.8 Å². The van der Waals surface area contributed by atoms with Crippen LogP contribution in [0.2, 0.25) is 0 Å². The molecule has 3 aliphatic heterocycles. The maximum atomic E-state index is 12.3. The minimum atomic E-state index is -1.20. The summed E-state index contributed by atoms with van der Waals surface area (Å²) in [7, 11) is -1.20. The molecule has 4 heterocycles. The van der Waals surface area contributed by atoms with Gasteiger partial charge in [0.15, 0.2) is 0 Å². The number of nitrogens with zero attached hydrogens (tertiary/aromatic N) is 2. The predicted octanol–water partition coefficient (Wildman–Crippen LogP) is 3.84. The van der Waals surface area contributed by atoms with E-state index in [0.29, 0.717) is 16.9 Å². The van der Waals surface area contributed by atoms with Gasteiger partial charge < -0.3 is 13.8 Å². The van der Waals surface area contributed by atoms with E-state index in [4.69, 9.17) is 13.8 Å². The van der Waals surface area contributed by atoms with Gasteiger partial charge in [-0.1, -0.05) is 37.3 Å². The number of rotatable bonds is 5. The van der Waals surface area contributed by atoms with Crippen LogP contribution in [0.1, 0.15) is 50.5 Å². The lowest BCUT2D eigenvalue weighted by atomic mass is 10.0. The molecule has 0 saturated carbocycles. The van der Waals surface area contributed by atoms with E-state index < -0.39 is 26.0 Å². The number of aromatic amines is 1. The molecule has 3 saturated heterocycles. The average Bonchev–Trinajstić information content (AvgIpc) is 3.48. The lowest BCUT2D eigenvalue weighted by molar-refractivity contribution is -0.0190. The molecule has 0 bridgehead atoms. The number of ether oxygens (including phenoxy) is 1. The zero-order valence-corrected chi connectivity index (χ0v) is 19.6. The molecule has 0 radical (unpaired) electrons. The highest BCUT2D eigenvalue weighted by atomic mass is 79.9. The highest BCUT2D eigenvalue weighted by molar-refractivity contribution is 9.10. The van der Waals surface area contributed by atoms with Gasteiger partial charge in [-0.15, -0.1) is 0 Å². The quantitative estimate of drug-likeness (QED) is 0.616. The number of aromatic nitrogens is 2. The number of H-pyrrole nitrogens is 1. The van der Waals surface area contributed by atoms with Crippen molar-refractivity contribution >= 4 is 24.5 Å². The Morgan fingerprint density at radius 3 is 2.87 bits per heavy atom. The molecule has 2 aromatic rings. The summed E-state index contributed by atoms with van der Waals surface area (Å²) < 4.78 is 23.2. The van der Waals surface area contributed by atoms with E-state index in [1.165, 1.54) is 16.3 Å². The van der Waals surface area contributed by atoms with Gasteiger partial charge in [-0.2, -0.15) is 0 Å². The summed E-state index contributed by atoms with van der Waals surface area (Å²) in [6.45, 7) is 3.02. The Kier molecular flexibility index (Phi) is 6.16. The minimum Gasteiger partial charge on any atom is -0.352 e. The molecule has 3 fully saturated rings. The summed E-state index contributed by atoms with van der Waals surface area (Å²) >= 11 is 3.19. The second-order valence-corrected chi connectivity index (χ2v) is 10.4. The Hall–Kier alpha value is -1.35. The molecule has 1 unspecified atom stereocenters. The van der Waals surface area contributed by atoms with Crippen LogP contribution < -0.4 is 11.2 Å². The van der Waals surface area contributed by atoms with E-state index in [0.717, 1.165) is 25.8 Å². The number of hydrogen-bond donors (Lipinski definition) is 1. The molecule has 0 aliphatic carbocycles. The summed E-state index contributed by atoms with van der Waals surface area (Å²) in [5.41, 5.74) is 0.249. The third kappa shape index (κ3) is 4.08. The van der Waals surface area contributed by atoms with Crippen LogP contribution in [0.5, 0.6) is 0 Å². The molecule has 0 amide bonds. The second kappa shape index (κ2) is 8.89. The van der Waals surface area contributed by atoms with Crippen molar-refractivity contribution < 1.29 is 13.8 Å². The molecular weight excluding hydrogens is 485 g/mol. The summed E-state index contributed by atoms with van der Waals surface area (Å²) in [5.74, 6) is 0. The fourth-order valence-corrected chi connectivity index (χ4v) is 6.97. The van der Waals surface area contributed by atoms with Crippen molar-refractivity contribution in [1.82, 2.24) is 14.2 Å². The number of halogens is 1. The third-order valence-corrected chi connectivity index (χ3v) is 8.54. The number of nitrogens with one attached hydrogen (secondary N) is 1. The van der Waals surface area contributed by atoms with Crippen molar-refractivity contribution in [3.63, 3.8) is 0 Å². The smallest absolute Gasteiger partial charge is 0.330 e. The van der Waals surface area contributed by atoms with Crippen LogP contribution in [0.15, 0.2) is 50.6 Å². The first-order valence-electron chi connectivity index (χ1n) is 10.7. The lowest BCUT2D eigenvalue weighted by Crippen LogP contribution is -2.32. The van der Waals surface area contributed by atoms with Crippen molar-refractivity contribution in [2.24, 2.45) is 0 Å². The van der Waals surface area contributed by atoms with Crippen LogP contribution in [0.25, 0.3) is 0 Å². The highest BCUT2D eigenvalue weighted by Crippen LogP contribution is 2.61. The van der Waals surface area contributed by atoms with Crippen molar-refractivity contribution in [2.75, 3.05) is 6.54 Å². The van der Waals surface area contributed by atoms with Crippen LogP contribution in [-0.2, 0) is 13.8 Å². The SMILES string of the molecule is CC[C@H]1O[C@@H](n2cc(Br)c(=O)[nH]c2=O)CC1O[P@@]1O[C@H](c2ccccc2)[C@@H]2CCCN21. The van der Waals surface area contributed by atoms with Gasteiger partial charge in [0.2, 0.25) is 0 Å². The maximum absolute atomic E-state index is 12.3. The topological polar surface area (TPSA) is 85.8 Å². The van der Waals surface area contributed by atoms with Crippen molar-refractivity contribution in [3.8, 4) is 0 Å². The Labute approximate surface area is 189 Å². The predicted molar refractivity (Wildman–Crippen MR) is 120 cm³/mol. The van der Waals surface area contributed by atoms with Crippen molar-refractivity contribution in [2.45, 2.75) is 63.2 Å². The molecule has 1 N–H and O–H groups in total. The van der Waals surface area contributed by atoms with Crippen molar-refractivity contribution in [3.05, 3.63) is 67.4 Å². The molecule has 5 rings (SSSR count). The Morgan fingerprint density at radius 1 is 1.29 bits per heavy atom. The molecule has 6 atom stereocenters. The van der Waals surface area contributed by atoms with Crippen molar-refractivity contribution in [1.29, 1.82) is 0 Å². The number of benzene rings is 1. The van der Waals surface area contributed by atoms with Crippen LogP contribution in [0, 0.1) is 0 Å². The molecule has 1 aromatic heterocycles. The van der Waals surface area contributed by atoms with Gasteiger partial charge in [-0.25, -0.2) is 9.46 Å². The largest absolute Gasteiger partial charge is 0.352 e. The second-order valence-electron chi connectivity index (χ2n) is 8.11. The monoisotopic (exact) mass is 509 g/mol. The average molecular weight is 510 g/mol. The van der Waals surface area contributed by atoms with Gasteiger partial charge in [0, 0.05) is 25.2 Å². The molecular formula is C21H25BrN3O5P. The summed E-state index contributed by atoms with van der Waals surface area (Å²) in [4.78, 5) is 26.3. The number of fused-ring (bicyclic) bond motifs is 1. The van der Waals surface area contributed by atoms with E-state index in [2.05, 4.69) is 37.7 Å². The van der Waals surface area contributed by atoms with Crippen LogP contribution >= 0.6 is 24.5 Å². The van der Waals surface area contributed by atoms with Crippen LogP contribution in [-0.4, -0.2) is 39.0 Å². The van der Waals surface area contributed by atoms with Gasteiger partial charge >= 0.3 is 5.69 Å². The fraction of sp³-hybridized carbons (Fsp3) is 0.524. The van der Waals surface area contributed by atoms with E-state index >= 15 is 0 Å². The molecule has 166 valence electrons. The highest BCUT2D eigenvalue weighted by Gasteiger charge is 2.49.